The third-order valence-electron chi connectivity index (χ3n) is 3.88. The summed E-state index contributed by atoms with van der Waals surface area (Å²) in [5, 5.41) is 1.19. The Hall–Kier alpha value is -3.08. The van der Waals surface area contributed by atoms with Crippen LogP contribution in [0.15, 0.2) is 60.8 Å². The number of rotatable bonds is 5. The predicted molar refractivity (Wildman–Crippen MR) is 93.3 cm³/mol. The number of carbonyl (C=O) groups excluding carboxylic acids is 2. The Morgan fingerprint density at radius 3 is 2.50 bits per heavy atom. The molecule has 5 nitrogen and oxygen atoms in total. The van der Waals surface area contributed by atoms with Crippen molar-refractivity contribution in [3.05, 3.63) is 71.9 Å². The molecule has 2 aromatic carbocycles. The fraction of sp³-hybridized carbons (Fsp3) is 0.158. The van der Waals surface area contributed by atoms with Gasteiger partial charge in [-0.05, 0) is 36.6 Å². The van der Waals surface area contributed by atoms with Crippen molar-refractivity contribution in [2.75, 3.05) is 0 Å². The van der Waals surface area contributed by atoms with Gasteiger partial charge in [-0.1, -0.05) is 36.4 Å². The first-order chi connectivity index (χ1) is 11.7. The number of aryl methyl sites for hydroxylation is 1. The van der Waals surface area contributed by atoms with Gasteiger partial charge in [-0.25, -0.2) is 0 Å². The quantitative estimate of drug-likeness (QED) is 0.632. The van der Waals surface area contributed by atoms with Crippen molar-refractivity contribution in [1.82, 2.24) is 15.8 Å². The molecule has 2 amide bonds. The summed E-state index contributed by atoms with van der Waals surface area (Å²) in [4.78, 5) is 26.9. The van der Waals surface area contributed by atoms with E-state index in [1.807, 2.05) is 30.5 Å². The summed E-state index contributed by atoms with van der Waals surface area (Å²) in [6.45, 7) is 0. The molecule has 122 valence electrons. The van der Waals surface area contributed by atoms with Crippen LogP contribution >= 0.6 is 0 Å². The minimum absolute atomic E-state index is 0.195. The Balaban J connectivity index is 1.44. The molecule has 0 aliphatic heterocycles. The number of hydrogen-bond acceptors (Lipinski definition) is 2. The van der Waals surface area contributed by atoms with Gasteiger partial charge in [-0.3, -0.25) is 20.4 Å². The molecule has 0 saturated carbocycles. The van der Waals surface area contributed by atoms with Gasteiger partial charge in [0, 0.05) is 29.1 Å². The summed E-state index contributed by atoms with van der Waals surface area (Å²) in [5.74, 6) is -0.514. The Labute approximate surface area is 140 Å². The number of fused-ring (bicyclic) bond motifs is 1. The van der Waals surface area contributed by atoms with Gasteiger partial charge in [0.1, 0.15) is 0 Å². The number of nitrogens with one attached hydrogen (secondary N) is 3. The molecule has 24 heavy (non-hydrogen) atoms. The van der Waals surface area contributed by atoms with Crippen LogP contribution in [0.1, 0.15) is 28.8 Å². The van der Waals surface area contributed by atoms with Crippen molar-refractivity contribution in [3.8, 4) is 0 Å². The molecular weight excluding hydrogens is 302 g/mol. The van der Waals surface area contributed by atoms with Crippen LogP contribution in [-0.4, -0.2) is 16.8 Å². The maximum absolute atomic E-state index is 11.8. The number of H-pyrrole nitrogens is 1. The molecule has 0 aliphatic rings. The van der Waals surface area contributed by atoms with Crippen LogP contribution in [0, 0.1) is 0 Å². The summed E-state index contributed by atoms with van der Waals surface area (Å²) in [7, 11) is 0. The van der Waals surface area contributed by atoms with Gasteiger partial charge in [0.25, 0.3) is 5.91 Å². The number of hydrogen-bond donors (Lipinski definition) is 3. The molecule has 0 aliphatic carbocycles. The number of para-hydroxylation sites is 1. The lowest BCUT2D eigenvalue weighted by Crippen LogP contribution is -2.41. The topological polar surface area (TPSA) is 74.0 Å². The molecule has 0 radical (unpaired) electrons. The standard InChI is InChI=1S/C19H19N3O2/c23-18(21-22-19(24)14-7-2-1-3-8-14)12-6-9-15-13-20-17-11-5-4-10-16(15)17/h1-5,7-8,10-11,13,20H,6,9,12H2,(H,21,23)(H,22,24). The summed E-state index contributed by atoms with van der Waals surface area (Å²) in [6, 6.07) is 16.9. The zero-order valence-corrected chi connectivity index (χ0v) is 13.2. The lowest BCUT2D eigenvalue weighted by atomic mass is 10.1. The average molecular weight is 321 g/mol. The lowest BCUT2D eigenvalue weighted by molar-refractivity contribution is -0.121. The first kappa shape index (κ1) is 15.8. The van der Waals surface area contributed by atoms with Gasteiger partial charge in [0.15, 0.2) is 0 Å². The van der Waals surface area contributed by atoms with Gasteiger partial charge in [-0.2, -0.15) is 0 Å². The second-order valence-electron chi connectivity index (χ2n) is 5.58. The highest BCUT2D eigenvalue weighted by Gasteiger charge is 2.08. The van der Waals surface area contributed by atoms with E-state index in [1.54, 1.807) is 24.3 Å². The number of amides is 2. The van der Waals surface area contributed by atoms with E-state index in [-0.39, 0.29) is 11.8 Å². The predicted octanol–water partition coefficient (Wildman–Crippen LogP) is 2.95. The second-order valence-corrected chi connectivity index (χ2v) is 5.58. The van der Waals surface area contributed by atoms with E-state index in [0.717, 1.165) is 18.4 Å². The van der Waals surface area contributed by atoms with E-state index in [9.17, 15) is 9.59 Å². The van der Waals surface area contributed by atoms with E-state index in [0.29, 0.717) is 12.0 Å². The Morgan fingerprint density at radius 1 is 0.917 bits per heavy atom. The van der Waals surface area contributed by atoms with Crippen molar-refractivity contribution in [2.45, 2.75) is 19.3 Å². The van der Waals surface area contributed by atoms with E-state index < -0.39 is 0 Å². The van der Waals surface area contributed by atoms with Crippen LogP contribution in [0.2, 0.25) is 0 Å². The van der Waals surface area contributed by atoms with Crippen molar-refractivity contribution in [1.29, 1.82) is 0 Å². The number of benzene rings is 2. The van der Waals surface area contributed by atoms with Gasteiger partial charge < -0.3 is 4.98 Å². The highest BCUT2D eigenvalue weighted by Crippen LogP contribution is 2.19. The second kappa shape index (κ2) is 7.46. The summed E-state index contributed by atoms with van der Waals surface area (Å²) < 4.78 is 0. The molecule has 0 unspecified atom stereocenters. The maximum Gasteiger partial charge on any atom is 0.269 e. The van der Waals surface area contributed by atoms with Crippen LogP contribution in [-0.2, 0) is 11.2 Å². The van der Waals surface area contributed by atoms with E-state index in [2.05, 4.69) is 21.9 Å². The van der Waals surface area contributed by atoms with Crippen molar-refractivity contribution in [3.63, 3.8) is 0 Å². The molecule has 3 N–H and O–H groups in total. The lowest BCUT2D eigenvalue weighted by Gasteiger charge is -2.07. The van der Waals surface area contributed by atoms with E-state index in [4.69, 9.17) is 0 Å². The largest absolute Gasteiger partial charge is 0.361 e. The number of aromatic amines is 1. The minimum Gasteiger partial charge on any atom is -0.361 e. The minimum atomic E-state index is -0.319. The molecular formula is C19H19N3O2. The third kappa shape index (κ3) is 3.81. The number of hydrazine groups is 1. The normalized spacial score (nSPS) is 10.5. The SMILES string of the molecule is O=C(CCCc1c[nH]c2ccccc12)NNC(=O)c1ccccc1. The number of carbonyl (C=O) groups is 2. The number of aromatic nitrogens is 1. The van der Waals surface area contributed by atoms with Gasteiger partial charge in [-0.15, -0.1) is 0 Å². The van der Waals surface area contributed by atoms with Gasteiger partial charge in [0.2, 0.25) is 5.91 Å². The smallest absolute Gasteiger partial charge is 0.269 e. The highest BCUT2D eigenvalue weighted by molar-refractivity contribution is 5.95. The molecule has 0 fully saturated rings. The van der Waals surface area contributed by atoms with Crippen molar-refractivity contribution < 1.29 is 9.59 Å². The van der Waals surface area contributed by atoms with Gasteiger partial charge in [0.05, 0.1) is 0 Å². The first-order valence-electron chi connectivity index (χ1n) is 7.93. The van der Waals surface area contributed by atoms with Crippen LogP contribution < -0.4 is 10.9 Å². The highest BCUT2D eigenvalue weighted by atomic mass is 16.2. The maximum atomic E-state index is 11.8. The van der Waals surface area contributed by atoms with Crippen LogP contribution in [0.5, 0.6) is 0 Å². The van der Waals surface area contributed by atoms with Crippen LogP contribution in [0.25, 0.3) is 10.9 Å². The molecule has 3 rings (SSSR count). The fourth-order valence-electron chi connectivity index (χ4n) is 2.63. The molecule has 1 heterocycles. The molecule has 0 bridgehead atoms. The summed E-state index contributed by atoms with van der Waals surface area (Å²) >= 11 is 0. The van der Waals surface area contributed by atoms with E-state index in [1.165, 1.54) is 10.9 Å². The fourth-order valence-corrected chi connectivity index (χ4v) is 2.63. The molecule has 5 heteroatoms. The monoisotopic (exact) mass is 321 g/mol. The summed E-state index contributed by atoms with van der Waals surface area (Å²) in [5.41, 5.74) is 7.69. The van der Waals surface area contributed by atoms with Crippen molar-refractivity contribution in [2.24, 2.45) is 0 Å². The Morgan fingerprint density at radius 2 is 1.67 bits per heavy atom. The zero-order valence-electron chi connectivity index (χ0n) is 13.2. The zero-order chi connectivity index (χ0) is 16.8. The Bertz CT molecular complexity index is 840. The van der Waals surface area contributed by atoms with E-state index >= 15 is 0 Å². The molecule has 1 aromatic heterocycles. The van der Waals surface area contributed by atoms with Crippen LogP contribution in [0.4, 0.5) is 0 Å². The average Bonchev–Trinajstić information content (AvgIpc) is 3.04. The van der Waals surface area contributed by atoms with Gasteiger partial charge >= 0.3 is 0 Å². The first-order valence-corrected chi connectivity index (χ1v) is 7.93. The molecule has 3 aromatic rings. The van der Waals surface area contributed by atoms with Crippen molar-refractivity contribution >= 4 is 22.7 Å². The molecule has 0 atom stereocenters. The van der Waals surface area contributed by atoms with Crippen LogP contribution in [0.3, 0.4) is 0 Å². The summed E-state index contributed by atoms with van der Waals surface area (Å²) in [6.07, 6.45) is 3.87. The molecule has 0 saturated heterocycles. The molecule has 0 spiro atoms. The Kier molecular flexibility index (Phi) is 4.91. The third-order valence-corrected chi connectivity index (χ3v) is 3.88.